The summed E-state index contributed by atoms with van der Waals surface area (Å²) >= 11 is 3.35. The first-order valence-corrected chi connectivity index (χ1v) is 9.10. The number of carbonyl (C=O) groups excluding carboxylic acids is 1. The molecule has 5 nitrogen and oxygen atoms in total. The first-order valence-electron chi connectivity index (χ1n) is 8.31. The predicted molar refractivity (Wildman–Crippen MR) is 106 cm³/mol. The molecule has 6 heteroatoms. The second kappa shape index (κ2) is 8.36. The van der Waals surface area contributed by atoms with E-state index < -0.39 is 17.7 Å². The van der Waals surface area contributed by atoms with Crippen molar-refractivity contribution < 1.29 is 14.7 Å². The molecule has 0 bridgehead atoms. The minimum Gasteiger partial charge on any atom is -0.465 e. The molecule has 0 saturated carbocycles. The van der Waals surface area contributed by atoms with E-state index in [0.717, 1.165) is 10.0 Å². The van der Waals surface area contributed by atoms with Gasteiger partial charge in [-0.05, 0) is 50.6 Å². The molecule has 2 rings (SSSR count). The number of carboxylic acid groups (broad SMARTS) is 1. The Bertz CT molecular complexity index is 755. The van der Waals surface area contributed by atoms with Gasteiger partial charge in [-0.25, -0.2) is 4.79 Å². The second-order valence-corrected chi connectivity index (χ2v) is 7.92. The normalized spacial score (nSPS) is 12.3. The van der Waals surface area contributed by atoms with Gasteiger partial charge in [-0.1, -0.05) is 46.3 Å². The van der Waals surface area contributed by atoms with Gasteiger partial charge >= 0.3 is 6.09 Å². The lowest BCUT2D eigenvalue weighted by atomic mass is 9.96. The summed E-state index contributed by atoms with van der Waals surface area (Å²) in [7, 11) is 0. The molecule has 0 aromatic heterocycles. The lowest BCUT2D eigenvalue weighted by Crippen LogP contribution is -2.48. The third-order valence-corrected chi connectivity index (χ3v) is 4.46. The maximum absolute atomic E-state index is 12.6. The van der Waals surface area contributed by atoms with E-state index in [4.69, 9.17) is 0 Å². The fourth-order valence-corrected chi connectivity index (χ4v) is 3.11. The summed E-state index contributed by atoms with van der Waals surface area (Å²) in [6, 6.07) is 15.9. The van der Waals surface area contributed by atoms with Crippen LogP contribution in [0.5, 0.6) is 0 Å². The van der Waals surface area contributed by atoms with Crippen LogP contribution in [0.3, 0.4) is 0 Å². The summed E-state index contributed by atoms with van der Waals surface area (Å²) < 4.78 is 0.919. The molecular formula is C20H23BrN2O3. The lowest BCUT2D eigenvalue weighted by molar-refractivity contribution is -0.117. The number of nitrogens with zero attached hydrogens (tertiary/aromatic N) is 1. The van der Waals surface area contributed by atoms with Crippen molar-refractivity contribution in [1.82, 2.24) is 4.90 Å². The van der Waals surface area contributed by atoms with E-state index >= 15 is 0 Å². The lowest BCUT2D eigenvalue weighted by Gasteiger charge is -2.39. The molecule has 0 spiro atoms. The van der Waals surface area contributed by atoms with Crippen LogP contribution < -0.4 is 5.32 Å². The molecule has 2 aromatic carbocycles. The van der Waals surface area contributed by atoms with Crippen molar-refractivity contribution >= 4 is 33.6 Å². The average Bonchev–Trinajstić information content (AvgIpc) is 2.55. The van der Waals surface area contributed by atoms with Crippen molar-refractivity contribution in [2.45, 2.75) is 38.8 Å². The number of amides is 2. The van der Waals surface area contributed by atoms with E-state index in [2.05, 4.69) is 21.2 Å². The maximum Gasteiger partial charge on any atom is 0.408 e. The molecule has 0 heterocycles. The molecular weight excluding hydrogens is 396 g/mol. The van der Waals surface area contributed by atoms with Gasteiger partial charge in [0.25, 0.3) is 0 Å². The molecule has 0 aliphatic heterocycles. The van der Waals surface area contributed by atoms with E-state index in [0.29, 0.717) is 5.69 Å². The number of hydrogen-bond donors (Lipinski definition) is 2. The van der Waals surface area contributed by atoms with Crippen LogP contribution in [0.15, 0.2) is 59.1 Å². The number of benzene rings is 2. The highest BCUT2D eigenvalue weighted by Crippen LogP contribution is 2.31. The number of carbonyl (C=O) groups is 2. The van der Waals surface area contributed by atoms with Crippen LogP contribution in [0.4, 0.5) is 10.5 Å². The Morgan fingerprint density at radius 2 is 1.65 bits per heavy atom. The van der Waals surface area contributed by atoms with Crippen molar-refractivity contribution in [2.24, 2.45) is 0 Å². The molecule has 2 amide bonds. The summed E-state index contributed by atoms with van der Waals surface area (Å²) in [5.74, 6) is -0.239. The van der Waals surface area contributed by atoms with Gasteiger partial charge in [0.1, 0.15) is 0 Å². The monoisotopic (exact) mass is 418 g/mol. The van der Waals surface area contributed by atoms with Gasteiger partial charge in [-0.15, -0.1) is 0 Å². The molecule has 0 fully saturated rings. The summed E-state index contributed by atoms with van der Waals surface area (Å²) in [4.78, 5) is 25.9. The number of rotatable bonds is 5. The molecule has 0 saturated heterocycles. The van der Waals surface area contributed by atoms with E-state index in [9.17, 15) is 14.7 Å². The summed E-state index contributed by atoms with van der Waals surface area (Å²) in [6.07, 6.45) is -1.02. The first-order chi connectivity index (χ1) is 12.2. The maximum atomic E-state index is 12.6. The minimum absolute atomic E-state index is 0.0314. The average molecular weight is 419 g/mol. The van der Waals surface area contributed by atoms with Gasteiger partial charge in [0, 0.05) is 15.7 Å². The first kappa shape index (κ1) is 20.0. The Kier molecular flexibility index (Phi) is 6.42. The van der Waals surface area contributed by atoms with Gasteiger partial charge in [0.15, 0.2) is 0 Å². The quantitative estimate of drug-likeness (QED) is 0.691. The SMILES string of the molecule is CC(C)(C)N(C(=O)O)[C@H](CC(=O)Nc1ccc(Br)cc1)c1ccccc1. The molecule has 2 N–H and O–H groups in total. The smallest absolute Gasteiger partial charge is 0.408 e. The van der Waals surface area contributed by atoms with Gasteiger partial charge in [0.2, 0.25) is 5.91 Å². The Labute approximate surface area is 162 Å². The molecule has 0 radical (unpaired) electrons. The van der Waals surface area contributed by atoms with Crippen molar-refractivity contribution in [1.29, 1.82) is 0 Å². The summed E-state index contributed by atoms with van der Waals surface area (Å²) in [5.41, 5.74) is 0.808. The summed E-state index contributed by atoms with van der Waals surface area (Å²) in [5, 5.41) is 12.6. The van der Waals surface area contributed by atoms with Crippen LogP contribution >= 0.6 is 15.9 Å². The Morgan fingerprint density at radius 1 is 1.08 bits per heavy atom. The third kappa shape index (κ3) is 5.33. The van der Waals surface area contributed by atoms with Crippen molar-refractivity contribution in [3.05, 3.63) is 64.6 Å². The largest absolute Gasteiger partial charge is 0.465 e. The van der Waals surface area contributed by atoms with Crippen LogP contribution in [0, 0.1) is 0 Å². The summed E-state index contributed by atoms with van der Waals surface area (Å²) in [6.45, 7) is 5.47. The third-order valence-electron chi connectivity index (χ3n) is 3.93. The molecule has 0 unspecified atom stereocenters. The van der Waals surface area contributed by atoms with Gasteiger partial charge in [0.05, 0.1) is 12.5 Å². The Balaban J connectivity index is 2.27. The second-order valence-electron chi connectivity index (χ2n) is 7.01. The van der Waals surface area contributed by atoms with Crippen LogP contribution in [0.1, 0.15) is 38.8 Å². The standard InChI is InChI=1S/C20H23BrN2O3/c1-20(2,3)23(19(25)26)17(14-7-5-4-6-8-14)13-18(24)22-16-11-9-15(21)10-12-16/h4-12,17H,13H2,1-3H3,(H,22,24)(H,25,26)/t17-/m1/s1. The number of hydrogen-bond acceptors (Lipinski definition) is 2. The highest BCUT2D eigenvalue weighted by Gasteiger charge is 2.35. The molecule has 26 heavy (non-hydrogen) atoms. The van der Waals surface area contributed by atoms with Gasteiger partial charge < -0.3 is 10.4 Å². The van der Waals surface area contributed by atoms with Gasteiger partial charge in [-0.3, -0.25) is 9.69 Å². The van der Waals surface area contributed by atoms with Crippen molar-refractivity contribution in [3.8, 4) is 0 Å². The number of halogens is 1. The van der Waals surface area contributed by atoms with Crippen molar-refractivity contribution in [3.63, 3.8) is 0 Å². The molecule has 0 aliphatic rings. The zero-order valence-electron chi connectivity index (χ0n) is 15.1. The topological polar surface area (TPSA) is 69.6 Å². The zero-order chi connectivity index (χ0) is 19.3. The molecule has 0 aliphatic carbocycles. The molecule has 138 valence electrons. The Morgan fingerprint density at radius 3 is 2.15 bits per heavy atom. The molecule has 2 aromatic rings. The van der Waals surface area contributed by atoms with E-state index in [1.165, 1.54) is 4.90 Å². The fraction of sp³-hybridized carbons (Fsp3) is 0.300. The predicted octanol–water partition coefficient (Wildman–Crippen LogP) is 5.30. The number of nitrogens with one attached hydrogen (secondary N) is 1. The minimum atomic E-state index is -1.05. The Hall–Kier alpha value is -2.34. The highest BCUT2D eigenvalue weighted by molar-refractivity contribution is 9.10. The number of anilines is 1. The van der Waals surface area contributed by atoms with Gasteiger partial charge in [-0.2, -0.15) is 0 Å². The van der Waals surface area contributed by atoms with Crippen LogP contribution in [-0.2, 0) is 4.79 Å². The van der Waals surface area contributed by atoms with Crippen molar-refractivity contribution in [2.75, 3.05) is 5.32 Å². The van der Waals surface area contributed by atoms with Crippen LogP contribution in [0.25, 0.3) is 0 Å². The zero-order valence-corrected chi connectivity index (χ0v) is 16.7. The molecule has 1 atom stereocenters. The van der Waals surface area contributed by atoms with E-state index in [-0.39, 0.29) is 12.3 Å². The van der Waals surface area contributed by atoms with Crippen LogP contribution in [-0.4, -0.2) is 27.5 Å². The highest BCUT2D eigenvalue weighted by atomic mass is 79.9. The van der Waals surface area contributed by atoms with E-state index in [1.807, 2.05) is 63.2 Å². The van der Waals surface area contributed by atoms with Crippen LogP contribution in [0.2, 0.25) is 0 Å². The fourth-order valence-electron chi connectivity index (χ4n) is 2.84. The van der Waals surface area contributed by atoms with E-state index in [1.54, 1.807) is 12.1 Å².